The Kier molecular flexibility index (Phi) is 10.5. The zero-order chi connectivity index (χ0) is 31.6. The maximum absolute atomic E-state index is 12.4. The Labute approximate surface area is 266 Å². The molecule has 4 aromatic carbocycles. The van der Waals surface area contributed by atoms with Gasteiger partial charge >= 0.3 is 5.97 Å². The summed E-state index contributed by atoms with van der Waals surface area (Å²) in [6.45, 7) is 8.89. The molecule has 5 rings (SSSR count). The molecule has 0 radical (unpaired) electrons. The molecule has 0 aliphatic heterocycles. The fourth-order valence-corrected chi connectivity index (χ4v) is 5.03. The minimum Gasteiger partial charge on any atom is -0.493 e. The summed E-state index contributed by atoms with van der Waals surface area (Å²) in [5.41, 5.74) is 6.79. The summed E-state index contributed by atoms with van der Waals surface area (Å²) in [6, 6.07) is 34.6. The predicted octanol–water partition coefficient (Wildman–Crippen LogP) is 8.93. The molecule has 0 spiro atoms. The van der Waals surface area contributed by atoms with E-state index in [1.165, 1.54) is 11.1 Å². The average Bonchev–Trinajstić information content (AvgIpc) is 3.41. The molecule has 0 amide bonds. The molecule has 0 saturated carbocycles. The van der Waals surface area contributed by atoms with Crippen LogP contribution in [0.3, 0.4) is 0 Å². The molecule has 0 aliphatic carbocycles. The molecule has 5 aromatic rings. The van der Waals surface area contributed by atoms with Gasteiger partial charge < -0.3 is 18.6 Å². The summed E-state index contributed by atoms with van der Waals surface area (Å²) in [6.07, 6.45) is 1.47. The Morgan fingerprint density at radius 1 is 0.756 bits per heavy atom. The van der Waals surface area contributed by atoms with Gasteiger partial charge in [0.1, 0.15) is 17.1 Å². The molecular formula is C39H41NO5. The number of hydrogen-bond acceptors (Lipinski definition) is 6. The molecule has 0 saturated heterocycles. The van der Waals surface area contributed by atoms with Crippen LogP contribution >= 0.6 is 0 Å². The van der Waals surface area contributed by atoms with Crippen LogP contribution in [-0.4, -0.2) is 23.2 Å². The molecule has 0 fully saturated rings. The number of carbonyl (C=O) groups is 1. The second kappa shape index (κ2) is 14.9. The Morgan fingerprint density at radius 2 is 1.42 bits per heavy atom. The van der Waals surface area contributed by atoms with Crippen molar-refractivity contribution in [1.29, 1.82) is 0 Å². The fraction of sp³-hybridized carbons (Fsp3) is 0.282. The van der Waals surface area contributed by atoms with Gasteiger partial charge in [-0.25, -0.2) is 4.98 Å². The average molecular weight is 604 g/mol. The third-order valence-electron chi connectivity index (χ3n) is 7.30. The summed E-state index contributed by atoms with van der Waals surface area (Å²) >= 11 is 0. The first-order chi connectivity index (χ1) is 21.7. The highest BCUT2D eigenvalue weighted by molar-refractivity contribution is 5.70. The number of esters is 1. The van der Waals surface area contributed by atoms with Crippen molar-refractivity contribution in [2.24, 2.45) is 0 Å². The van der Waals surface area contributed by atoms with Crippen molar-refractivity contribution in [3.8, 4) is 28.3 Å². The lowest BCUT2D eigenvalue weighted by molar-refractivity contribution is -0.154. The van der Waals surface area contributed by atoms with Crippen LogP contribution in [0, 0.1) is 6.92 Å². The van der Waals surface area contributed by atoms with E-state index in [9.17, 15) is 4.79 Å². The van der Waals surface area contributed by atoms with Gasteiger partial charge in [0.2, 0.25) is 5.89 Å². The highest BCUT2D eigenvalue weighted by Crippen LogP contribution is 2.25. The SMILES string of the molecule is Cc1oc(-c2ccccc2)nc1CCOc1ccc(CCC(=O)OC(C)(C)C)c(COCc2ccc(-c3ccccc3)cc2)c1. The summed E-state index contributed by atoms with van der Waals surface area (Å²) in [5, 5.41) is 0. The lowest BCUT2D eigenvalue weighted by Gasteiger charge is -2.20. The molecule has 0 unspecified atom stereocenters. The van der Waals surface area contributed by atoms with E-state index < -0.39 is 5.60 Å². The minimum absolute atomic E-state index is 0.217. The van der Waals surface area contributed by atoms with Gasteiger partial charge in [-0.2, -0.15) is 0 Å². The fourth-order valence-electron chi connectivity index (χ4n) is 5.03. The maximum atomic E-state index is 12.4. The van der Waals surface area contributed by atoms with Gasteiger partial charge in [-0.1, -0.05) is 78.9 Å². The van der Waals surface area contributed by atoms with Crippen molar-refractivity contribution in [2.75, 3.05) is 6.61 Å². The molecular weight excluding hydrogens is 562 g/mol. The van der Waals surface area contributed by atoms with Crippen molar-refractivity contribution in [3.63, 3.8) is 0 Å². The molecule has 6 nitrogen and oxygen atoms in total. The zero-order valence-corrected chi connectivity index (χ0v) is 26.5. The molecule has 0 bridgehead atoms. The summed E-state index contributed by atoms with van der Waals surface area (Å²) in [7, 11) is 0. The van der Waals surface area contributed by atoms with Crippen LogP contribution in [0.5, 0.6) is 5.75 Å². The van der Waals surface area contributed by atoms with Gasteiger partial charge in [0.15, 0.2) is 0 Å². The largest absolute Gasteiger partial charge is 0.493 e. The van der Waals surface area contributed by atoms with E-state index in [2.05, 4.69) is 36.4 Å². The third kappa shape index (κ3) is 9.40. The van der Waals surface area contributed by atoms with Gasteiger partial charge in [-0.15, -0.1) is 0 Å². The number of rotatable bonds is 13. The van der Waals surface area contributed by atoms with E-state index in [1.54, 1.807) is 0 Å². The first-order valence-electron chi connectivity index (χ1n) is 15.4. The van der Waals surface area contributed by atoms with Crippen LogP contribution in [0.2, 0.25) is 0 Å². The Bertz CT molecular complexity index is 1670. The Morgan fingerprint density at radius 3 is 2.11 bits per heavy atom. The zero-order valence-electron chi connectivity index (χ0n) is 26.5. The maximum Gasteiger partial charge on any atom is 0.306 e. The number of hydrogen-bond donors (Lipinski definition) is 0. The van der Waals surface area contributed by atoms with E-state index in [0.29, 0.717) is 45.0 Å². The highest BCUT2D eigenvalue weighted by atomic mass is 16.6. The van der Waals surface area contributed by atoms with Gasteiger partial charge in [-0.3, -0.25) is 4.79 Å². The van der Waals surface area contributed by atoms with Crippen molar-refractivity contribution >= 4 is 5.97 Å². The summed E-state index contributed by atoms with van der Waals surface area (Å²) in [5.74, 6) is 1.93. The number of aromatic nitrogens is 1. The smallest absolute Gasteiger partial charge is 0.306 e. The standard InChI is InChI=1S/C39H41NO5/c1-28-36(40-38(44-28)33-13-9-6-10-14-33)23-24-43-35-21-19-32(20-22-37(41)45-39(2,3)4)34(25-35)27-42-26-29-15-17-31(18-16-29)30-11-7-5-8-12-30/h5-19,21,25H,20,22-24,26-27H2,1-4H3. The van der Waals surface area contributed by atoms with Crippen LogP contribution in [0.15, 0.2) is 108 Å². The van der Waals surface area contributed by atoms with Crippen LogP contribution in [0.4, 0.5) is 0 Å². The Balaban J connectivity index is 1.22. The lowest BCUT2D eigenvalue weighted by Crippen LogP contribution is -2.24. The molecule has 6 heteroatoms. The van der Waals surface area contributed by atoms with Gasteiger partial charge in [0.25, 0.3) is 0 Å². The molecule has 0 atom stereocenters. The first kappa shape index (κ1) is 31.7. The van der Waals surface area contributed by atoms with Crippen molar-refractivity contribution in [2.45, 2.75) is 65.8 Å². The number of benzene rings is 4. The number of ether oxygens (including phenoxy) is 3. The van der Waals surface area contributed by atoms with Gasteiger partial charge in [-0.05, 0) is 86.2 Å². The predicted molar refractivity (Wildman–Crippen MR) is 177 cm³/mol. The molecule has 1 heterocycles. The van der Waals surface area contributed by atoms with Gasteiger partial charge in [0, 0.05) is 18.4 Å². The van der Waals surface area contributed by atoms with E-state index in [-0.39, 0.29) is 5.97 Å². The third-order valence-corrected chi connectivity index (χ3v) is 7.30. The summed E-state index contributed by atoms with van der Waals surface area (Å²) in [4.78, 5) is 17.1. The second-order valence-electron chi connectivity index (χ2n) is 12.1. The van der Waals surface area contributed by atoms with Crippen LogP contribution < -0.4 is 4.74 Å². The van der Waals surface area contributed by atoms with Crippen molar-refractivity contribution in [1.82, 2.24) is 4.98 Å². The van der Waals surface area contributed by atoms with Crippen molar-refractivity contribution < 1.29 is 23.4 Å². The van der Waals surface area contributed by atoms with E-state index in [0.717, 1.165) is 39.5 Å². The van der Waals surface area contributed by atoms with E-state index in [4.69, 9.17) is 23.6 Å². The molecule has 0 N–H and O–H groups in total. The number of aryl methyl sites for hydroxylation is 2. The number of nitrogens with zero attached hydrogens (tertiary/aromatic N) is 1. The first-order valence-corrected chi connectivity index (χ1v) is 15.4. The van der Waals surface area contributed by atoms with E-state index in [1.807, 2.05) is 94.4 Å². The molecule has 45 heavy (non-hydrogen) atoms. The second-order valence-corrected chi connectivity index (χ2v) is 12.1. The summed E-state index contributed by atoms with van der Waals surface area (Å²) < 4.78 is 23.8. The van der Waals surface area contributed by atoms with Crippen LogP contribution in [0.1, 0.15) is 55.3 Å². The number of oxazole rings is 1. The lowest BCUT2D eigenvalue weighted by atomic mass is 10.0. The number of carbonyl (C=O) groups excluding carboxylic acids is 1. The minimum atomic E-state index is -0.513. The molecule has 1 aromatic heterocycles. The van der Waals surface area contributed by atoms with Crippen molar-refractivity contribution in [3.05, 3.63) is 131 Å². The van der Waals surface area contributed by atoms with E-state index >= 15 is 0 Å². The topological polar surface area (TPSA) is 70.8 Å². The molecule has 0 aliphatic rings. The van der Waals surface area contributed by atoms with Crippen LogP contribution in [0.25, 0.3) is 22.6 Å². The highest BCUT2D eigenvalue weighted by Gasteiger charge is 2.17. The normalized spacial score (nSPS) is 11.4. The van der Waals surface area contributed by atoms with Crippen LogP contribution in [-0.2, 0) is 40.3 Å². The Hall–Kier alpha value is -4.68. The quantitative estimate of drug-likeness (QED) is 0.125. The molecule has 232 valence electrons. The monoisotopic (exact) mass is 603 g/mol. The van der Waals surface area contributed by atoms with Gasteiger partial charge in [0.05, 0.1) is 25.5 Å².